The number of ketones is 1. The van der Waals surface area contributed by atoms with Crippen LogP contribution in [-0.4, -0.2) is 34.1 Å². The Morgan fingerprint density at radius 2 is 1.10 bits per heavy atom. The van der Waals surface area contributed by atoms with E-state index in [-0.39, 0.29) is 5.78 Å². The van der Waals surface area contributed by atoms with Crippen molar-refractivity contribution in [3.63, 3.8) is 0 Å². The summed E-state index contributed by atoms with van der Waals surface area (Å²) in [6.07, 6.45) is 3.46. The molecule has 0 atom stereocenters. The molecule has 0 saturated heterocycles. The van der Waals surface area contributed by atoms with Gasteiger partial charge in [0.1, 0.15) is 5.75 Å². The van der Waals surface area contributed by atoms with Crippen LogP contribution < -0.4 is 4.74 Å². The maximum Gasteiger partial charge on any atom is 0.330 e. The molecule has 0 unspecified atom stereocenters. The Morgan fingerprint density at radius 3 is 1.67 bits per heavy atom. The van der Waals surface area contributed by atoms with Gasteiger partial charge in [-0.05, 0) is 89.5 Å². The van der Waals surface area contributed by atoms with Crippen LogP contribution in [0.5, 0.6) is 5.75 Å². The monoisotopic (exact) mass is 680 g/mol. The number of para-hydroxylation sites is 2. The summed E-state index contributed by atoms with van der Waals surface area (Å²) in [6.45, 7) is 7.64. The summed E-state index contributed by atoms with van der Waals surface area (Å²) in [5.41, 5.74) is 9.98. The van der Waals surface area contributed by atoms with Gasteiger partial charge in [-0.1, -0.05) is 79.9 Å². The molecule has 52 heavy (non-hydrogen) atoms. The van der Waals surface area contributed by atoms with Crippen LogP contribution in [0.25, 0.3) is 66.1 Å². The lowest BCUT2D eigenvalue weighted by molar-refractivity contribution is -0.137. The van der Waals surface area contributed by atoms with E-state index in [0.717, 1.165) is 72.0 Å². The molecule has 0 aliphatic carbocycles. The van der Waals surface area contributed by atoms with Gasteiger partial charge in [0.15, 0.2) is 5.78 Å². The molecule has 0 bridgehead atoms. The van der Waals surface area contributed by atoms with Crippen LogP contribution in [0.2, 0.25) is 0 Å². The molecular formula is C46H36N2O4. The molecule has 0 radical (unpaired) electrons. The molecule has 6 aromatic carbocycles. The minimum atomic E-state index is -0.405. The van der Waals surface area contributed by atoms with Crippen LogP contribution in [0.15, 0.2) is 159 Å². The second-order valence-corrected chi connectivity index (χ2v) is 12.7. The average molecular weight is 681 g/mol. The van der Waals surface area contributed by atoms with Crippen LogP contribution in [0, 0.1) is 0 Å². The number of carbonyl (C=O) groups is 2. The van der Waals surface area contributed by atoms with Gasteiger partial charge in [-0.15, -0.1) is 0 Å². The highest BCUT2D eigenvalue weighted by atomic mass is 16.5. The van der Waals surface area contributed by atoms with Gasteiger partial charge in [-0.25, -0.2) is 4.79 Å². The van der Waals surface area contributed by atoms with Crippen molar-refractivity contribution in [3.8, 4) is 28.3 Å². The predicted molar refractivity (Wildman–Crippen MR) is 211 cm³/mol. The standard InChI is InChI=1S/C46H36N2O4/c1-3-36(49)26-28-51-37-22-24-45-41(30-37)39-10-6-8-12-43(39)48(45)35-20-16-33(17-21-35)32-14-18-34(19-15-32)47-42-11-7-5-9-38(42)40-29-31(13-23-44(40)47)25-27-52-46(50)4-2/h3-24,29-30H,1-2,25-28H2. The molecule has 8 rings (SSSR count). The fourth-order valence-electron chi connectivity index (χ4n) is 7.08. The largest absolute Gasteiger partial charge is 0.493 e. The van der Waals surface area contributed by atoms with Crippen molar-refractivity contribution in [3.05, 3.63) is 164 Å². The molecule has 0 aliphatic rings. The summed E-state index contributed by atoms with van der Waals surface area (Å²) in [7, 11) is 0. The molecule has 2 heterocycles. The van der Waals surface area contributed by atoms with E-state index in [1.165, 1.54) is 17.5 Å². The van der Waals surface area contributed by atoms with E-state index in [1.54, 1.807) is 0 Å². The molecule has 2 aromatic heterocycles. The van der Waals surface area contributed by atoms with Crippen molar-refractivity contribution in [2.75, 3.05) is 13.2 Å². The van der Waals surface area contributed by atoms with E-state index >= 15 is 0 Å². The number of nitrogens with zero attached hydrogens (tertiary/aromatic N) is 2. The van der Waals surface area contributed by atoms with Gasteiger partial charge in [0.25, 0.3) is 0 Å². The summed E-state index contributed by atoms with van der Waals surface area (Å²) < 4.78 is 15.7. The fourth-order valence-corrected chi connectivity index (χ4v) is 7.08. The van der Waals surface area contributed by atoms with E-state index in [4.69, 9.17) is 9.47 Å². The molecule has 0 amide bonds. The Balaban J connectivity index is 1.08. The SMILES string of the molecule is C=CC(=O)CCOc1ccc2c(c1)c1ccccc1n2-c1ccc(-c2ccc(-n3c4ccccc4c4cc(CCOC(=O)C=C)ccc43)cc2)cc1. The van der Waals surface area contributed by atoms with Crippen LogP contribution in [0.1, 0.15) is 12.0 Å². The summed E-state index contributed by atoms with van der Waals surface area (Å²) in [5, 5.41) is 4.57. The Kier molecular flexibility index (Phi) is 8.71. The molecule has 0 spiro atoms. The maximum atomic E-state index is 11.7. The molecule has 6 nitrogen and oxygen atoms in total. The molecule has 0 fully saturated rings. The normalized spacial score (nSPS) is 11.3. The lowest BCUT2D eigenvalue weighted by Gasteiger charge is -2.11. The van der Waals surface area contributed by atoms with Crippen molar-refractivity contribution in [1.82, 2.24) is 9.13 Å². The van der Waals surface area contributed by atoms with Crippen LogP contribution in [0.3, 0.4) is 0 Å². The Morgan fingerprint density at radius 1 is 0.558 bits per heavy atom. The van der Waals surface area contributed by atoms with E-state index in [1.807, 2.05) is 6.07 Å². The van der Waals surface area contributed by atoms with E-state index < -0.39 is 5.97 Å². The number of rotatable bonds is 12. The highest BCUT2D eigenvalue weighted by Crippen LogP contribution is 2.36. The second-order valence-electron chi connectivity index (χ2n) is 12.7. The quantitative estimate of drug-likeness (QED) is 0.0952. The predicted octanol–water partition coefficient (Wildman–Crippen LogP) is 10.3. The van der Waals surface area contributed by atoms with Gasteiger partial charge in [-0.2, -0.15) is 0 Å². The lowest BCUT2D eigenvalue weighted by Crippen LogP contribution is -2.04. The Bertz CT molecular complexity index is 2460. The minimum absolute atomic E-state index is 0.0294. The lowest BCUT2D eigenvalue weighted by atomic mass is 10.0. The van der Waals surface area contributed by atoms with Crippen molar-refractivity contribution in [1.29, 1.82) is 0 Å². The molecule has 0 saturated carbocycles. The van der Waals surface area contributed by atoms with Crippen molar-refractivity contribution in [2.45, 2.75) is 12.8 Å². The molecular weight excluding hydrogens is 645 g/mol. The average Bonchev–Trinajstić information content (AvgIpc) is 3.70. The van der Waals surface area contributed by atoms with Crippen LogP contribution in [0.4, 0.5) is 0 Å². The van der Waals surface area contributed by atoms with E-state index in [2.05, 4.69) is 150 Å². The number of fused-ring (bicyclic) bond motifs is 6. The fraction of sp³-hybridized carbons (Fsp3) is 0.0870. The third-order valence-electron chi connectivity index (χ3n) is 9.61. The summed E-state index contributed by atoms with van der Waals surface area (Å²) in [4.78, 5) is 23.2. The molecule has 0 aliphatic heterocycles. The van der Waals surface area contributed by atoms with Crippen molar-refractivity contribution < 1.29 is 19.1 Å². The van der Waals surface area contributed by atoms with E-state index in [0.29, 0.717) is 26.1 Å². The number of hydrogen-bond acceptors (Lipinski definition) is 4. The third-order valence-corrected chi connectivity index (χ3v) is 9.61. The molecule has 6 heteroatoms. The highest BCUT2D eigenvalue weighted by Gasteiger charge is 2.15. The van der Waals surface area contributed by atoms with Crippen molar-refractivity contribution in [2.24, 2.45) is 0 Å². The highest BCUT2D eigenvalue weighted by molar-refractivity contribution is 6.10. The third kappa shape index (κ3) is 6.05. The number of hydrogen-bond donors (Lipinski definition) is 0. The zero-order valence-electron chi connectivity index (χ0n) is 28.6. The summed E-state index contributed by atoms with van der Waals surface area (Å²) in [6, 6.07) is 46.8. The molecule has 0 N–H and O–H groups in total. The number of allylic oxidation sites excluding steroid dienone is 1. The number of carbonyl (C=O) groups excluding carboxylic acids is 2. The van der Waals surface area contributed by atoms with Crippen LogP contribution >= 0.6 is 0 Å². The summed E-state index contributed by atoms with van der Waals surface area (Å²) in [5.74, 6) is 0.302. The number of benzene rings is 6. The van der Waals surface area contributed by atoms with Gasteiger partial charge >= 0.3 is 5.97 Å². The second kappa shape index (κ2) is 13.9. The zero-order chi connectivity index (χ0) is 35.6. The smallest absolute Gasteiger partial charge is 0.330 e. The first-order valence-electron chi connectivity index (χ1n) is 17.4. The first kappa shape index (κ1) is 32.5. The van der Waals surface area contributed by atoms with Gasteiger partial charge in [0.05, 0.1) is 35.3 Å². The topological polar surface area (TPSA) is 62.5 Å². The Labute approximate surface area is 301 Å². The molecule has 254 valence electrons. The van der Waals surface area contributed by atoms with Gasteiger partial charge in [0.2, 0.25) is 0 Å². The summed E-state index contributed by atoms with van der Waals surface area (Å²) >= 11 is 0. The minimum Gasteiger partial charge on any atom is -0.493 e. The van der Waals surface area contributed by atoms with E-state index in [9.17, 15) is 9.59 Å². The van der Waals surface area contributed by atoms with Gasteiger partial charge in [0, 0.05) is 51.8 Å². The maximum absolute atomic E-state index is 11.7. The first-order chi connectivity index (χ1) is 25.5. The molecule has 8 aromatic rings. The number of ether oxygens (including phenoxy) is 2. The zero-order valence-corrected chi connectivity index (χ0v) is 28.6. The Hall–Kier alpha value is -6.66. The van der Waals surface area contributed by atoms with Crippen LogP contribution in [-0.2, 0) is 20.7 Å². The van der Waals surface area contributed by atoms with Gasteiger partial charge in [-0.3, -0.25) is 4.79 Å². The van der Waals surface area contributed by atoms with Gasteiger partial charge < -0.3 is 18.6 Å². The first-order valence-corrected chi connectivity index (χ1v) is 17.4. The van der Waals surface area contributed by atoms with Crippen molar-refractivity contribution >= 4 is 55.4 Å². The number of esters is 1. The number of aromatic nitrogens is 2.